The molecule has 0 unspecified atom stereocenters. The van der Waals surface area contributed by atoms with Crippen LogP contribution < -0.4 is 0 Å². The minimum atomic E-state index is -4.42. The summed E-state index contributed by atoms with van der Waals surface area (Å²) in [5.41, 5.74) is 1.92. The number of aryl methyl sites for hydroxylation is 2. The van der Waals surface area contributed by atoms with Crippen molar-refractivity contribution in [2.45, 2.75) is 33.0 Å². The standard InChI is InChI=1S/C20H22F3N3O2/c1-13-10-14(2)24-18(13)19(28)25-7-6-17(27)26(9-8-25)12-15-4-3-5-16(11-15)20(21,22)23/h3-5,10-11,24H,6-9,12H2,1-2H3. The van der Waals surface area contributed by atoms with Gasteiger partial charge in [-0.15, -0.1) is 0 Å². The lowest BCUT2D eigenvalue weighted by molar-refractivity contribution is -0.137. The van der Waals surface area contributed by atoms with Crippen molar-refractivity contribution in [3.8, 4) is 0 Å². The molecule has 1 aromatic carbocycles. The maximum Gasteiger partial charge on any atom is 0.416 e. The van der Waals surface area contributed by atoms with Crippen molar-refractivity contribution in [1.82, 2.24) is 14.8 Å². The fourth-order valence-corrected chi connectivity index (χ4v) is 3.41. The summed E-state index contributed by atoms with van der Waals surface area (Å²) in [6, 6.07) is 6.87. The highest BCUT2D eigenvalue weighted by Crippen LogP contribution is 2.30. The van der Waals surface area contributed by atoms with Crippen LogP contribution in [0.2, 0.25) is 0 Å². The lowest BCUT2D eigenvalue weighted by Crippen LogP contribution is -2.36. The average Bonchev–Trinajstić information content (AvgIpc) is 2.86. The number of aromatic amines is 1. The van der Waals surface area contributed by atoms with Gasteiger partial charge in [0.2, 0.25) is 5.91 Å². The number of nitrogens with zero attached hydrogens (tertiary/aromatic N) is 2. The second-order valence-electron chi connectivity index (χ2n) is 7.07. The summed E-state index contributed by atoms with van der Waals surface area (Å²) >= 11 is 0. The molecule has 1 N–H and O–H groups in total. The van der Waals surface area contributed by atoms with E-state index in [1.165, 1.54) is 11.0 Å². The third-order valence-electron chi connectivity index (χ3n) is 4.87. The fraction of sp³-hybridized carbons (Fsp3) is 0.400. The smallest absolute Gasteiger partial charge is 0.354 e. The zero-order valence-electron chi connectivity index (χ0n) is 15.8. The second kappa shape index (κ2) is 7.69. The molecule has 0 aliphatic carbocycles. The zero-order chi connectivity index (χ0) is 20.5. The van der Waals surface area contributed by atoms with Gasteiger partial charge in [0.1, 0.15) is 5.69 Å². The Labute approximate surface area is 161 Å². The second-order valence-corrected chi connectivity index (χ2v) is 7.07. The maximum atomic E-state index is 12.9. The molecule has 1 aliphatic rings. The summed E-state index contributed by atoms with van der Waals surface area (Å²) in [5.74, 6) is -0.341. The third kappa shape index (κ3) is 4.37. The van der Waals surface area contributed by atoms with Crippen LogP contribution in [-0.4, -0.2) is 46.2 Å². The van der Waals surface area contributed by atoms with E-state index in [0.717, 1.165) is 23.4 Å². The molecule has 2 amide bonds. The number of alkyl halides is 3. The molecular formula is C20H22F3N3O2. The first kappa shape index (κ1) is 20.0. The number of nitrogens with one attached hydrogen (secondary N) is 1. The SMILES string of the molecule is Cc1cc(C)c(C(=O)N2CCC(=O)N(Cc3cccc(C(F)(F)F)c3)CC2)[nH]1. The first-order valence-electron chi connectivity index (χ1n) is 9.04. The topological polar surface area (TPSA) is 56.4 Å². The van der Waals surface area contributed by atoms with E-state index >= 15 is 0 Å². The predicted molar refractivity (Wildman–Crippen MR) is 97.6 cm³/mol. The van der Waals surface area contributed by atoms with Gasteiger partial charge in [-0.1, -0.05) is 12.1 Å². The van der Waals surface area contributed by atoms with Crippen LogP contribution in [0.4, 0.5) is 13.2 Å². The van der Waals surface area contributed by atoms with Crippen molar-refractivity contribution in [2.24, 2.45) is 0 Å². The maximum absolute atomic E-state index is 12.9. The molecule has 0 saturated carbocycles. The Kier molecular flexibility index (Phi) is 5.49. The minimum Gasteiger partial charge on any atom is -0.354 e. The molecule has 2 heterocycles. The summed E-state index contributed by atoms with van der Waals surface area (Å²) in [7, 11) is 0. The van der Waals surface area contributed by atoms with Crippen molar-refractivity contribution in [2.75, 3.05) is 19.6 Å². The lowest BCUT2D eigenvalue weighted by Gasteiger charge is -2.22. The molecule has 0 atom stereocenters. The van der Waals surface area contributed by atoms with Crippen LogP contribution in [0.3, 0.4) is 0 Å². The molecule has 0 radical (unpaired) electrons. The van der Waals surface area contributed by atoms with Gasteiger partial charge in [-0.3, -0.25) is 9.59 Å². The lowest BCUT2D eigenvalue weighted by atomic mass is 10.1. The molecule has 1 aromatic heterocycles. The Morgan fingerprint density at radius 1 is 1.14 bits per heavy atom. The summed E-state index contributed by atoms with van der Waals surface area (Å²) in [6.07, 6.45) is -4.28. The normalized spacial score (nSPS) is 15.7. The molecule has 5 nitrogen and oxygen atoms in total. The van der Waals surface area contributed by atoms with Crippen molar-refractivity contribution >= 4 is 11.8 Å². The molecular weight excluding hydrogens is 371 g/mol. The minimum absolute atomic E-state index is 0.0887. The van der Waals surface area contributed by atoms with Gasteiger partial charge < -0.3 is 14.8 Å². The average molecular weight is 393 g/mol. The molecule has 1 fully saturated rings. The highest BCUT2D eigenvalue weighted by molar-refractivity contribution is 5.94. The monoisotopic (exact) mass is 393 g/mol. The fourth-order valence-electron chi connectivity index (χ4n) is 3.41. The molecule has 1 saturated heterocycles. The first-order chi connectivity index (χ1) is 13.1. The van der Waals surface area contributed by atoms with E-state index in [9.17, 15) is 22.8 Å². The van der Waals surface area contributed by atoms with Crippen LogP contribution in [0.15, 0.2) is 30.3 Å². The van der Waals surface area contributed by atoms with Gasteiger partial charge in [0.25, 0.3) is 5.91 Å². The largest absolute Gasteiger partial charge is 0.416 e. The van der Waals surface area contributed by atoms with Gasteiger partial charge in [0, 0.05) is 38.3 Å². The Morgan fingerprint density at radius 3 is 2.54 bits per heavy atom. The Morgan fingerprint density at radius 2 is 1.89 bits per heavy atom. The van der Waals surface area contributed by atoms with Gasteiger partial charge in [0.15, 0.2) is 0 Å². The Hall–Kier alpha value is -2.77. The molecule has 2 aromatic rings. The highest BCUT2D eigenvalue weighted by Gasteiger charge is 2.31. The van der Waals surface area contributed by atoms with Gasteiger partial charge >= 0.3 is 6.18 Å². The summed E-state index contributed by atoms with van der Waals surface area (Å²) in [5, 5.41) is 0. The number of carbonyl (C=O) groups is 2. The highest BCUT2D eigenvalue weighted by atomic mass is 19.4. The number of aromatic nitrogens is 1. The van der Waals surface area contributed by atoms with Gasteiger partial charge in [-0.25, -0.2) is 0 Å². The van der Waals surface area contributed by atoms with Crippen molar-refractivity contribution in [1.29, 1.82) is 0 Å². The van der Waals surface area contributed by atoms with E-state index in [1.54, 1.807) is 11.0 Å². The van der Waals surface area contributed by atoms with Gasteiger partial charge in [-0.05, 0) is 43.2 Å². The number of halogens is 3. The molecule has 150 valence electrons. The molecule has 3 rings (SSSR count). The number of hydrogen-bond acceptors (Lipinski definition) is 2. The van der Waals surface area contributed by atoms with E-state index in [-0.39, 0.29) is 37.9 Å². The quantitative estimate of drug-likeness (QED) is 0.868. The van der Waals surface area contributed by atoms with Crippen LogP contribution in [-0.2, 0) is 17.5 Å². The van der Waals surface area contributed by atoms with Crippen LogP contribution >= 0.6 is 0 Å². The Bertz CT molecular complexity index is 889. The van der Waals surface area contributed by atoms with Crippen LogP contribution in [0.25, 0.3) is 0 Å². The van der Waals surface area contributed by atoms with Gasteiger partial charge in [0.05, 0.1) is 5.56 Å². The number of hydrogen-bond donors (Lipinski definition) is 1. The molecule has 0 bridgehead atoms. The number of H-pyrrole nitrogens is 1. The van der Waals surface area contributed by atoms with E-state index in [0.29, 0.717) is 17.8 Å². The summed E-state index contributed by atoms with van der Waals surface area (Å²) in [4.78, 5) is 31.4. The first-order valence-corrected chi connectivity index (χ1v) is 9.04. The van der Waals surface area contributed by atoms with Crippen molar-refractivity contribution in [3.05, 3.63) is 58.4 Å². The molecule has 0 spiro atoms. The summed E-state index contributed by atoms with van der Waals surface area (Å²) in [6.45, 7) is 4.70. The molecule has 28 heavy (non-hydrogen) atoms. The Balaban J connectivity index is 1.70. The van der Waals surface area contributed by atoms with E-state index in [1.807, 2.05) is 19.9 Å². The van der Waals surface area contributed by atoms with Crippen LogP contribution in [0, 0.1) is 13.8 Å². The van der Waals surface area contributed by atoms with E-state index < -0.39 is 11.7 Å². The number of benzene rings is 1. The van der Waals surface area contributed by atoms with Crippen molar-refractivity contribution < 1.29 is 22.8 Å². The summed E-state index contributed by atoms with van der Waals surface area (Å²) < 4.78 is 38.7. The van der Waals surface area contributed by atoms with E-state index in [2.05, 4.69) is 4.98 Å². The van der Waals surface area contributed by atoms with Crippen LogP contribution in [0.1, 0.15) is 39.3 Å². The number of rotatable bonds is 3. The van der Waals surface area contributed by atoms with E-state index in [4.69, 9.17) is 0 Å². The molecule has 1 aliphatic heterocycles. The zero-order valence-corrected chi connectivity index (χ0v) is 15.8. The van der Waals surface area contributed by atoms with Crippen molar-refractivity contribution in [3.63, 3.8) is 0 Å². The van der Waals surface area contributed by atoms with Crippen LogP contribution in [0.5, 0.6) is 0 Å². The van der Waals surface area contributed by atoms with Gasteiger partial charge in [-0.2, -0.15) is 13.2 Å². The molecule has 8 heteroatoms. The third-order valence-corrected chi connectivity index (χ3v) is 4.87. The predicted octanol–water partition coefficient (Wildman–Crippen LogP) is 3.53. The number of carbonyl (C=O) groups excluding carboxylic acids is 2. The number of amides is 2.